The third-order valence-electron chi connectivity index (χ3n) is 4.94. The smallest absolute Gasteiger partial charge is 0.264 e. The molecule has 3 aromatic heterocycles. The summed E-state index contributed by atoms with van der Waals surface area (Å²) in [7, 11) is 0. The van der Waals surface area contributed by atoms with Crippen LogP contribution in [0.15, 0.2) is 35.1 Å². The second kappa shape index (κ2) is 7.02. The molecule has 3 aromatic rings. The summed E-state index contributed by atoms with van der Waals surface area (Å²) in [6.45, 7) is 2.66. The van der Waals surface area contributed by atoms with Crippen LogP contribution in [0.3, 0.4) is 0 Å². The minimum Gasteiger partial charge on any atom is -0.338 e. The number of piperidine rings is 1. The molecule has 0 radical (unpaired) electrons. The lowest BCUT2D eigenvalue weighted by atomic mass is 9.92. The molecule has 4 rings (SSSR count). The number of hydrogen-bond donors (Lipinski definition) is 0. The second-order valence-electron chi connectivity index (χ2n) is 6.72. The van der Waals surface area contributed by atoms with E-state index in [4.69, 9.17) is 4.52 Å². The Bertz CT molecular complexity index is 975. The summed E-state index contributed by atoms with van der Waals surface area (Å²) >= 11 is 0. The summed E-state index contributed by atoms with van der Waals surface area (Å²) in [5.41, 5.74) is 1.43. The Morgan fingerprint density at radius 2 is 2.26 bits per heavy atom. The van der Waals surface area contributed by atoms with Gasteiger partial charge in [0.2, 0.25) is 0 Å². The summed E-state index contributed by atoms with van der Waals surface area (Å²) in [5, 5.41) is 4.04. The van der Waals surface area contributed by atoms with Gasteiger partial charge in [0, 0.05) is 42.7 Å². The molecule has 1 fully saturated rings. The standard InChI is InChI=1S/C19H18F2N4O2/c1-11-16-14(17(20)21)8-15(23-18(16)27-24-11)13-5-3-7-25(10-13)19(26)12-4-2-6-22-9-12/h2,4,6,8-9,13,17H,3,5,7,10H2,1H3/t13-/m0/s1. The van der Waals surface area contributed by atoms with Crippen LogP contribution in [0.5, 0.6) is 0 Å². The normalized spacial score (nSPS) is 17.6. The van der Waals surface area contributed by atoms with Gasteiger partial charge in [-0.25, -0.2) is 13.8 Å². The van der Waals surface area contributed by atoms with Crippen LogP contribution >= 0.6 is 0 Å². The van der Waals surface area contributed by atoms with Crippen LogP contribution < -0.4 is 0 Å². The van der Waals surface area contributed by atoms with Crippen molar-refractivity contribution < 1.29 is 18.1 Å². The zero-order chi connectivity index (χ0) is 19.0. The van der Waals surface area contributed by atoms with Crippen molar-refractivity contribution in [1.82, 2.24) is 20.0 Å². The number of likely N-dealkylation sites (tertiary alicyclic amines) is 1. The predicted molar refractivity (Wildman–Crippen MR) is 93.6 cm³/mol. The van der Waals surface area contributed by atoms with E-state index in [1.807, 2.05) is 0 Å². The molecule has 27 heavy (non-hydrogen) atoms. The van der Waals surface area contributed by atoms with Crippen LogP contribution in [0.25, 0.3) is 11.1 Å². The Labute approximate surface area is 154 Å². The number of aryl methyl sites for hydroxylation is 1. The van der Waals surface area contributed by atoms with Gasteiger partial charge in [0.25, 0.3) is 18.0 Å². The molecule has 0 bridgehead atoms. The van der Waals surface area contributed by atoms with Crippen LogP contribution in [-0.4, -0.2) is 39.0 Å². The Balaban J connectivity index is 1.64. The van der Waals surface area contributed by atoms with Gasteiger partial charge in [-0.2, -0.15) is 0 Å². The topological polar surface area (TPSA) is 72.1 Å². The lowest BCUT2D eigenvalue weighted by molar-refractivity contribution is 0.0705. The quantitative estimate of drug-likeness (QED) is 0.698. The van der Waals surface area contributed by atoms with E-state index >= 15 is 0 Å². The van der Waals surface area contributed by atoms with Gasteiger partial charge in [0.15, 0.2) is 0 Å². The minimum absolute atomic E-state index is 0.113. The van der Waals surface area contributed by atoms with Gasteiger partial charge in [-0.3, -0.25) is 9.78 Å². The number of hydrogen-bond acceptors (Lipinski definition) is 5. The molecule has 1 amide bonds. The van der Waals surface area contributed by atoms with E-state index in [1.54, 1.807) is 30.2 Å². The van der Waals surface area contributed by atoms with Gasteiger partial charge in [0.05, 0.1) is 16.6 Å². The van der Waals surface area contributed by atoms with Crippen molar-refractivity contribution in [2.75, 3.05) is 13.1 Å². The number of aromatic nitrogens is 3. The molecule has 140 valence electrons. The van der Waals surface area contributed by atoms with Gasteiger partial charge in [0.1, 0.15) is 0 Å². The fraction of sp³-hybridized carbons (Fsp3) is 0.368. The molecule has 1 aliphatic rings. The van der Waals surface area contributed by atoms with Gasteiger partial charge >= 0.3 is 0 Å². The van der Waals surface area contributed by atoms with Crippen LogP contribution in [0.1, 0.15) is 52.5 Å². The second-order valence-corrected chi connectivity index (χ2v) is 6.72. The summed E-state index contributed by atoms with van der Waals surface area (Å²) in [6.07, 6.45) is 2.04. The van der Waals surface area contributed by atoms with Gasteiger partial charge in [-0.1, -0.05) is 5.16 Å². The van der Waals surface area contributed by atoms with Crippen molar-refractivity contribution in [3.63, 3.8) is 0 Å². The zero-order valence-electron chi connectivity index (χ0n) is 14.7. The molecule has 1 aliphatic heterocycles. The highest BCUT2D eigenvalue weighted by Crippen LogP contribution is 2.34. The molecule has 6 nitrogen and oxygen atoms in total. The van der Waals surface area contributed by atoms with E-state index in [0.29, 0.717) is 30.0 Å². The van der Waals surface area contributed by atoms with E-state index in [9.17, 15) is 13.6 Å². The molecule has 0 saturated carbocycles. The molecule has 4 heterocycles. The zero-order valence-corrected chi connectivity index (χ0v) is 14.7. The number of fused-ring (bicyclic) bond motifs is 1. The fourth-order valence-electron chi connectivity index (χ4n) is 3.60. The van der Waals surface area contributed by atoms with Crippen LogP contribution in [0, 0.1) is 6.92 Å². The first-order chi connectivity index (χ1) is 13.0. The summed E-state index contributed by atoms with van der Waals surface area (Å²) < 4.78 is 32.2. The monoisotopic (exact) mass is 372 g/mol. The van der Waals surface area contributed by atoms with Crippen molar-refractivity contribution in [2.45, 2.75) is 32.1 Å². The highest BCUT2D eigenvalue weighted by atomic mass is 19.3. The van der Waals surface area contributed by atoms with Gasteiger partial charge in [-0.15, -0.1) is 0 Å². The van der Waals surface area contributed by atoms with Crippen molar-refractivity contribution in [3.8, 4) is 0 Å². The Kier molecular flexibility index (Phi) is 4.55. The van der Waals surface area contributed by atoms with E-state index in [2.05, 4.69) is 15.1 Å². The number of halogens is 2. The molecular formula is C19H18F2N4O2. The number of carbonyl (C=O) groups is 1. The Morgan fingerprint density at radius 1 is 1.41 bits per heavy atom. The van der Waals surface area contributed by atoms with E-state index in [0.717, 1.165) is 12.8 Å². The molecule has 0 unspecified atom stereocenters. The van der Waals surface area contributed by atoms with E-state index < -0.39 is 6.43 Å². The third kappa shape index (κ3) is 3.27. The van der Waals surface area contributed by atoms with Crippen LogP contribution in [0.2, 0.25) is 0 Å². The molecular weight excluding hydrogens is 354 g/mol. The van der Waals surface area contributed by atoms with E-state index in [1.165, 1.54) is 12.3 Å². The summed E-state index contributed by atoms with van der Waals surface area (Å²) in [6, 6.07) is 4.86. The first kappa shape index (κ1) is 17.5. The number of nitrogens with zero attached hydrogens (tertiary/aromatic N) is 4. The molecule has 8 heteroatoms. The molecule has 0 N–H and O–H groups in total. The Morgan fingerprint density at radius 3 is 3.00 bits per heavy atom. The maximum atomic E-state index is 13.6. The van der Waals surface area contributed by atoms with Crippen molar-refractivity contribution in [3.05, 3.63) is 53.1 Å². The molecule has 1 atom stereocenters. The highest BCUT2D eigenvalue weighted by Gasteiger charge is 2.29. The predicted octanol–water partition coefficient (Wildman–Crippen LogP) is 3.88. The number of carbonyl (C=O) groups excluding carboxylic acids is 1. The van der Waals surface area contributed by atoms with Crippen molar-refractivity contribution >= 4 is 17.0 Å². The van der Waals surface area contributed by atoms with Crippen LogP contribution in [-0.2, 0) is 0 Å². The fourth-order valence-corrected chi connectivity index (χ4v) is 3.60. The number of pyridine rings is 2. The molecule has 1 saturated heterocycles. The number of amides is 1. The highest BCUT2D eigenvalue weighted by molar-refractivity contribution is 5.94. The van der Waals surface area contributed by atoms with Crippen molar-refractivity contribution in [2.24, 2.45) is 0 Å². The first-order valence-corrected chi connectivity index (χ1v) is 8.79. The average molecular weight is 372 g/mol. The summed E-state index contributed by atoms with van der Waals surface area (Å²) in [5.74, 6) is -0.245. The molecule has 0 spiro atoms. The maximum Gasteiger partial charge on any atom is 0.264 e. The lowest BCUT2D eigenvalue weighted by Gasteiger charge is -2.32. The lowest BCUT2D eigenvalue weighted by Crippen LogP contribution is -2.39. The van der Waals surface area contributed by atoms with Gasteiger partial charge < -0.3 is 9.42 Å². The number of rotatable bonds is 3. The minimum atomic E-state index is -2.65. The maximum absolute atomic E-state index is 13.6. The van der Waals surface area contributed by atoms with Gasteiger partial charge in [-0.05, 0) is 38.0 Å². The third-order valence-corrected chi connectivity index (χ3v) is 4.94. The van der Waals surface area contributed by atoms with E-state index in [-0.39, 0.29) is 28.5 Å². The first-order valence-electron chi connectivity index (χ1n) is 8.79. The number of alkyl halides is 2. The SMILES string of the molecule is Cc1noc2nc([C@H]3CCCN(C(=O)c4cccnc4)C3)cc(C(F)F)c12. The summed E-state index contributed by atoms with van der Waals surface area (Å²) in [4.78, 5) is 22.8. The van der Waals surface area contributed by atoms with Crippen LogP contribution in [0.4, 0.5) is 8.78 Å². The van der Waals surface area contributed by atoms with Crippen molar-refractivity contribution in [1.29, 1.82) is 0 Å². The molecule has 0 aliphatic carbocycles. The average Bonchev–Trinajstić information content (AvgIpc) is 3.08. The largest absolute Gasteiger partial charge is 0.338 e. The molecule has 0 aromatic carbocycles. The Hall–Kier alpha value is -2.90.